The first kappa shape index (κ1) is 28.2. The van der Waals surface area contributed by atoms with Gasteiger partial charge in [-0.1, -0.05) is 30.3 Å². The van der Waals surface area contributed by atoms with E-state index < -0.39 is 23.6 Å². The van der Waals surface area contributed by atoms with Crippen molar-refractivity contribution >= 4 is 46.9 Å². The number of carboxylic acid groups (broad SMARTS) is 1. The molecule has 3 aromatic carbocycles. The molecule has 0 bridgehead atoms. The first-order valence-corrected chi connectivity index (χ1v) is 12.7. The van der Waals surface area contributed by atoms with E-state index in [0.717, 1.165) is 10.5 Å². The van der Waals surface area contributed by atoms with Gasteiger partial charge in [0, 0.05) is 5.56 Å². The fourth-order valence-electron chi connectivity index (χ4n) is 4.08. The van der Waals surface area contributed by atoms with Crippen LogP contribution in [-0.2, 0) is 22.6 Å². The van der Waals surface area contributed by atoms with E-state index in [1.54, 1.807) is 43.3 Å². The second-order valence-corrected chi connectivity index (χ2v) is 9.02. The zero-order valence-electron chi connectivity index (χ0n) is 21.5. The molecule has 0 spiro atoms. The summed E-state index contributed by atoms with van der Waals surface area (Å²) in [5.74, 6) is -2.35. The molecule has 204 valence electrons. The number of rotatable bonds is 10. The molecule has 40 heavy (non-hydrogen) atoms. The van der Waals surface area contributed by atoms with Crippen LogP contribution < -0.4 is 19.7 Å². The Balaban J connectivity index is 1.70. The Morgan fingerprint density at radius 2 is 1.85 bits per heavy atom. The largest absolute Gasteiger partial charge is 0.490 e. The topological polar surface area (TPSA) is 105 Å². The number of halogens is 1. The summed E-state index contributed by atoms with van der Waals surface area (Å²) in [5.41, 5.74) is 1.75. The van der Waals surface area contributed by atoms with Gasteiger partial charge in [0.2, 0.25) is 0 Å². The highest BCUT2D eigenvalue weighted by atomic mass is 32.1. The first-order valence-electron chi connectivity index (χ1n) is 12.2. The molecule has 0 unspecified atom stereocenters. The van der Waals surface area contributed by atoms with Crippen LogP contribution in [0.2, 0.25) is 0 Å². The monoisotopic (exact) mass is 560 g/mol. The number of anilines is 1. The molecule has 0 aromatic heterocycles. The molecule has 1 fully saturated rings. The maximum absolute atomic E-state index is 14.5. The maximum atomic E-state index is 14.5. The molecule has 0 saturated carbocycles. The summed E-state index contributed by atoms with van der Waals surface area (Å²) in [5, 5.41) is 11.3. The molecule has 2 amide bonds. The molecular formula is C30H25FN2O6S. The number of hydrogen-bond donors (Lipinski definition) is 2. The van der Waals surface area contributed by atoms with Crippen molar-refractivity contribution in [1.29, 1.82) is 0 Å². The van der Waals surface area contributed by atoms with Crippen molar-refractivity contribution in [2.24, 2.45) is 0 Å². The molecular weight excluding hydrogens is 535 g/mol. The van der Waals surface area contributed by atoms with Gasteiger partial charge in [-0.05, 0) is 79.2 Å². The number of nitrogens with zero attached hydrogens (tertiary/aromatic N) is 1. The van der Waals surface area contributed by atoms with Gasteiger partial charge in [0.25, 0.3) is 11.8 Å². The van der Waals surface area contributed by atoms with Gasteiger partial charge in [0.1, 0.15) is 18.0 Å². The number of carbonyl (C=O) groups excluding carboxylic acids is 2. The van der Waals surface area contributed by atoms with Crippen molar-refractivity contribution in [3.63, 3.8) is 0 Å². The normalized spacial score (nSPS) is 14.2. The third-order valence-electron chi connectivity index (χ3n) is 5.91. The van der Waals surface area contributed by atoms with Crippen molar-refractivity contribution in [1.82, 2.24) is 5.32 Å². The van der Waals surface area contributed by atoms with Crippen molar-refractivity contribution in [2.75, 3.05) is 11.5 Å². The van der Waals surface area contributed by atoms with Crippen LogP contribution in [-0.4, -0.2) is 34.6 Å². The summed E-state index contributed by atoms with van der Waals surface area (Å²) in [7, 11) is 0. The number of hydrogen-bond acceptors (Lipinski definition) is 6. The molecule has 4 rings (SSSR count). The van der Waals surface area contributed by atoms with Crippen LogP contribution in [0, 0.1) is 5.82 Å². The number of aromatic carboxylic acids is 1. The molecule has 10 heteroatoms. The van der Waals surface area contributed by atoms with E-state index in [-0.39, 0.29) is 28.5 Å². The van der Waals surface area contributed by atoms with Crippen LogP contribution in [0.1, 0.15) is 34.0 Å². The Kier molecular flexibility index (Phi) is 8.70. The van der Waals surface area contributed by atoms with Crippen molar-refractivity contribution in [3.8, 4) is 11.5 Å². The van der Waals surface area contributed by atoms with E-state index in [4.69, 9.17) is 26.8 Å². The summed E-state index contributed by atoms with van der Waals surface area (Å²) in [6.07, 6.45) is 3.44. The molecule has 2 N–H and O–H groups in total. The van der Waals surface area contributed by atoms with E-state index in [9.17, 15) is 18.8 Å². The number of carbonyl (C=O) groups is 3. The van der Waals surface area contributed by atoms with Gasteiger partial charge in [-0.3, -0.25) is 14.9 Å². The van der Waals surface area contributed by atoms with Crippen LogP contribution in [0.25, 0.3) is 6.08 Å². The van der Waals surface area contributed by atoms with Crippen molar-refractivity contribution in [3.05, 3.63) is 107 Å². The Hall–Kier alpha value is -4.83. The number of allylic oxidation sites excluding steroid dienone is 1. The molecule has 3 aromatic rings. The standard InChI is InChI=1S/C30H25FN2O6S/c1-3-7-21-14-19(15-22-27(34)32-30(40)33(28(22)35)24-9-6-5-8-23(24)31)16-25(38-4-2)26(21)39-17-18-10-12-20(13-11-18)29(36)37/h3,5-6,8-16H,1,4,7,17H2,2H3,(H,36,37)(H,32,34,40)/b22-15+. The number of carboxylic acids is 1. The molecule has 0 radical (unpaired) electrons. The fraction of sp³-hybridized carbons (Fsp3) is 0.133. The molecule has 1 heterocycles. The predicted molar refractivity (Wildman–Crippen MR) is 152 cm³/mol. The van der Waals surface area contributed by atoms with E-state index >= 15 is 0 Å². The van der Waals surface area contributed by atoms with Crippen LogP contribution in [0.15, 0.2) is 78.9 Å². The maximum Gasteiger partial charge on any atom is 0.335 e. The Bertz CT molecular complexity index is 1530. The van der Waals surface area contributed by atoms with Gasteiger partial charge in [0.05, 0.1) is 17.9 Å². The molecule has 0 atom stereocenters. The summed E-state index contributed by atoms with van der Waals surface area (Å²) < 4.78 is 26.4. The van der Waals surface area contributed by atoms with Gasteiger partial charge in [0.15, 0.2) is 16.6 Å². The van der Waals surface area contributed by atoms with Gasteiger partial charge in [-0.25, -0.2) is 14.1 Å². The van der Waals surface area contributed by atoms with Gasteiger partial charge < -0.3 is 14.6 Å². The molecule has 1 saturated heterocycles. The van der Waals surface area contributed by atoms with Crippen LogP contribution in [0.4, 0.5) is 10.1 Å². The van der Waals surface area contributed by atoms with Crippen LogP contribution in [0.3, 0.4) is 0 Å². The van der Waals surface area contributed by atoms with E-state index in [2.05, 4.69) is 11.9 Å². The van der Waals surface area contributed by atoms with E-state index in [1.807, 2.05) is 0 Å². The fourth-order valence-corrected chi connectivity index (χ4v) is 4.35. The molecule has 1 aliphatic rings. The highest BCUT2D eigenvalue weighted by Crippen LogP contribution is 2.36. The summed E-state index contributed by atoms with van der Waals surface area (Å²) in [6.45, 7) is 6.06. The average molecular weight is 561 g/mol. The minimum absolute atomic E-state index is 0.0779. The van der Waals surface area contributed by atoms with Gasteiger partial charge in [-0.15, -0.1) is 6.58 Å². The lowest BCUT2D eigenvalue weighted by Gasteiger charge is -2.29. The lowest BCUT2D eigenvalue weighted by atomic mass is 10.0. The Labute approximate surface area is 235 Å². The van der Waals surface area contributed by atoms with Crippen molar-refractivity contribution in [2.45, 2.75) is 20.0 Å². The highest BCUT2D eigenvalue weighted by molar-refractivity contribution is 7.80. The minimum Gasteiger partial charge on any atom is -0.490 e. The Morgan fingerprint density at radius 1 is 1.12 bits per heavy atom. The quantitative estimate of drug-likeness (QED) is 0.155. The molecule has 0 aliphatic carbocycles. The van der Waals surface area contributed by atoms with E-state index in [0.29, 0.717) is 35.7 Å². The second-order valence-electron chi connectivity index (χ2n) is 8.63. The van der Waals surface area contributed by atoms with Crippen LogP contribution in [0.5, 0.6) is 11.5 Å². The number of para-hydroxylation sites is 1. The zero-order chi connectivity index (χ0) is 28.8. The number of nitrogens with one attached hydrogen (secondary N) is 1. The first-order chi connectivity index (χ1) is 19.2. The Morgan fingerprint density at radius 3 is 2.50 bits per heavy atom. The summed E-state index contributed by atoms with van der Waals surface area (Å²) in [6, 6.07) is 15.3. The van der Waals surface area contributed by atoms with E-state index in [1.165, 1.54) is 36.4 Å². The zero-order valence-corrected chi connectivity index (χ0v) is 22.3. The van der Waals surface area contributed by atoms with Gasteiger partial charge in [-0.2, -0.15) is 0 Å². The third kappa shape index (κ3) is 6.08. The van der Waals surface area contributed by atoms with Gasteiger partial charge >= 0.3 is 5.97 Å². The third-order valence-corrected chi connectivity index (χ3v) is 6.19. The highest BCUT2D eigenvalue weighted by Gasteiger charge is 2.35. The average Bonchev–Trinajstić information content (AvgIpc) is 2.92. The predicted octanol–water partition coefficient (Wildman–Crippen LogP) is 5.06. The van der Waals surface area contributed by atoms with Crippen LogP contribution >= 0.6 is 12.2 Å². The minimum atomic E-state index is -1.02. The number of amides is 2. The molecule has 8 nitrogen and oxygen atoms in total. The smallest absolute Gasteiger partial charge is 0.335 e. The number of ether oxygens (including phenoxy) is 2. The number of thiocarbonyl (C=S) groups is 1. The second kappa shape index (κ2) is 12.4. The summed E-state index contributed by atoms with van der Waals surface area (Å²) in [4.78, 5) is 38.2. The van der Waals surface area contributed by atoms with Crippen molar-refractivity contribution < 1.29 is 33.4 Å². The molecule has 1 aliphatic heterocycles. The lowest BCUT2D eigenvalue weighted by Crippen LogP contribution is -2.54. The summed E-state index contributed by atoms with van der Waals surface area (Å²) >= 11 is 5.16. The SMILES string of the molecule is C=CCc1cc(/C=C2\C(=O)NC(=S)N(c3ccccc3F)C2=O)cc(OCC)c1OCc1ccc(C(=O)O)cc1. The number of benzene rings is 3. The lowest BCUT2D eigenvalue weighted by molar-refractivity contribution is -0.122.